The summed E-state index contributed by atoms with van der Waals surface area (Å²) < 4.78 is 16.0. The van der Waals surface area contributed by atoms with Crippen LogP contribution >= 0.6 is 11.3 Å². The molecule has 1 saturated carbocycles. The molecule has 7 aromatic rings. The Morgan fingerprint density at radius 2 is 1.61 bits per heavy atom. The minimum absolute atomic E-state index is 0.117. The van der Waals surface area contributed by atoms with E-state index in [1.807, 2.05) is 106 Å². The molecule has 1 unspecified atom stereocenters. The minimum Gasteiger partial charge on any atom is -0.490 e. The van der Waals surface area contributed by atoms with Crippen molar-refractivity contribution in [3.8, 4) is 16.9 Å². The summed E-state index contributed by atoms with van der Waals surface area (Å²) in [5.74, 6) is 1.64. The van der Waals surface area contributed by atoms with E-state index in [0.29, 0.717) is 60.3 Å². The smallest absolute Gasteiger partial charge is 0.358 e. The Morgan fingerprint density at radius 1 is 0.803 bits per heavy atom. The van der Waals surface area contributed by atoms with Gasteiger partial charge in [0.2, 0.25) is 17.8 Å². The van der Waals surface area contributed by atoms with E-state index in [4.69, 9.17) is 19.4 Å². The summed E-state index contributed by atoms with van der Waals surface area (Å²) >= 11 is 1.45. The number of anilines is 3. The minimum atomic E-state index is -0.732. The second-order valence-corrected chi connectivity index (χ2v) is 23.0. The lowest BCUT2D eigenvalue weighted by molar-refractivity contribution is -0.134. The molecule has 2 saturated heterocycles. The van der Waals surface area contributed by atoms with E-state index in [2.05, 4.69) is 54.9 Å². The monoisotopic (exact) mass is 1040 g/mol. The van der Waals surface area contributed by atoms with Gasteiger partial charge in [0.25, 0.3) is 5.91 Å². The molecule has 15 nitrogen and oxygen atoms in total. The number of aromatic nitrogens is 4. The van der Waals surface area contributed by atoms with Gasteiger partial charge in [0.15, 0.2) is 10.8 Å². The van der Waals surface area contributed by atoms with Gasteiger partial charge in [-0.2, -0.15) is 0 Å². The Bertz CT molecular complexity index is 3310. The van der Waals surface area contributed by atoms with Crippen molar-refractivity contribution in [2.45, 2.75) is 110 Å². The molecule has 3 aliphatic heterocycles. The number of rotatable bonds is 13. The number of amides is 3. The maximum Gasteiger partial charge on any atom is 0.358 e. The molecule has 3 aromatic heterocycles. The number of carbonyl (C=O) groups is 4. The summed E-state index contributed by atoms with van der Waals surface area (Å²) in [6.07, 6.45) is 8.39. The van der Waals surface area contributed by atoms with Gasteiger partial charge >= 0.3 is 5.97 Å². The summed E-state index contributed by atoms with van der Waals surface area (Å²) in [6.45, 7) is 13.7. The van der Waals surface area contributed by atoms with Crippen LogP contribution < -0.4 is 25.2 Å². The van der Waals surface area contributed by atoms with Crippen molar-refractivity contribution < 1.29 is 28.7 Å². The molecule has 2 N–H and O–H groups in total. The number of nitrogens with zero attached hydrogens (tertiary/aromatic N) is 7. The molecule has 3 fully saturated rings. The number of thiazole rings is 1. The number of imidazole rings is 1. The summed E-state index contributed by atoms with van der Waals surface area (Å²) in [5, 5.41) is 6.08. The number of nitrogens with one attached hydrogen (secondary N) is 2. The van der Waals surface area contributed by atoms with Gasteiger partial charge in [0, 0.05) is 63.9 Å². The molecule has 0 bridgehead atoms. The number of aryl methyl sites for hydroxylation is 1. The fraction of sp³-hybridized carbons (Fsp3) is 0.417. The number of imide groups is 1. The highest BCUT2D eigenvalue weighted by atomic mass is 32.1. The van der Waals surface area contributed by atoms with Crippen LogP contribution in [0.4, 0.5) is 16.9 Å². The fourth-order valence-electron chi connectivity index (χ4n) is 11.6. The lowest BCUT2D eigenvalue weighted by Gasteiger charge is -2.35. The summed E-state index contributed by atoms with van der Waals surface area (Å²) in [5.41, 5.74) is 8.34. The molecule has 4 aliphatic rings. The molecule has 16 heteroatoms. The van der Waals surface area contributed by atoms with Crippen LogP contribution in [-0.4, -0.2) is 99.1 Å². The van der Waals surface area contributed by atoms with E-state index in [1.165, 1.54) is 24.2 Å². The van der Waals surface area contributed by atoms with E-state index < -0.39 is 11.6 Å². The second kappa shape index (κ2) is 21.5. The van der Waals surface area contributed by atoms with Crippen LogP contribution in [0, 0.1) is 12.8 Å². The Balaban J connectivity index is 0.693. The van der Waals surface area contributed by atoms with Crippen LogP contribution in [-0.2, 0) is 34.3 Å². The molecule has 6 heterocycles. The van der Waals surface area contributed by atoms with E-state index in [0.717, 1.165) is 119 Å². The summed E-state index contributed by atoms with van der Waals surface area (Å²) in [4.78, 5) is 74.0. The molecule has 0 radical (unpaired) electrons. The fourth-order valence-corrected chi connectivity index (χ4v) is 12.5. The van der Waals surface area contributed by atoms with Crippen molar-refractivity contribution in [3.63, 3.8) is 0 Å². The van der Waals surface area contributed by atoms with Crippen LogP contribution in [0.2, 0.25) is 0 Å². The van der Waals surface area contributed by atoms with Gasteiger partial charge in [-0.1, -0.05) is 53.8 Å². The molecule has 11 rings (SSSR count). The molecule has 1 atom stereocenters. The average Bonchev–Trinajstić information content (AvgIpc) is 4.00. The second-order valence-electron chi connectivity index (χ2n) is 22.0. The van der Waals surface area contributed by atoms with Crippen molar-refractivity contribution in [1.29, 1.82) is 0 Å². The van der Waals surface area contributed by atoms with E-state index in [-0.39, 0.29) is 35.4 Å². The number of hydrogen-bond acceptors (Lipinski definition) is 13. The lowest BCUT2D eigenvalue weighted by atomic mass is 9.84. The van der Waals surface area contributed by atoms with Crippen LogP contribution in [0.3, 0.4) is 0 Å². The number of carbonyl (C=O) groups excluding carboxylic acids is 4. The van der Waals surface area contributed by atoms with Crippen molar-refractivity contribution in [2.24, 2.45) is 13.0 Å². The third kappa shape index (κ3) is 10.9. The van der Waals surface area contributed by atoms with E-state index >= 15 is 0 Å². The van der Waals surface area contributed by atoms with Gasteiger partial charge in [0.1, 0.15) is 17.2 Å². The molecule has 3 amide bonds. The third-order valence-electron chi connectivity index (χ3n) is 15.8. The maximum absolute atomic E-state index is 14.1. The number of ether oxygens (including phenoxy) is 2. The lowest BCUT2D eigenvalue weighted by Crippen LogP contribution is -2.47. The average molecular weight is 1040 g/mol. The van der Waals surface area contributed by atoms with Crippen molar-refractivity contribution in [3.05, 3.63) is 125 Å². The largest absolute Gasteiger partial charge is 0.490 e. The predicted molar refractivity (Wildman–Crippen MR) is 298 cm³/mol. The molecule has 0 spiro atoms. The van der Waals surface area contributed by atoms with Crippen LogP contribution in [0.1, 0.15) is 121 Å². The number of piperazine rings is 1. The Kier molecular flexibility index (Phi) is 14.4. The molecule has 1 aliphatic carbocycles. The summed E-state index contributed by atoms with van der Waals surface area (Å²) in [7, 11) is 2.06. The Labute approximate surface area is 448 Å². The zero-order chi connectivity index (χ0) is 52.7. The predicted octanol–water partition coefficient (Wildman–Crippen LogP) is 10.4. The number of esters is 1. The number of piperidine rings is 1. The topological polar surface area (TPSA) is 164 Å². The first kappa shape index (κ1) is 51.0. The van der Waals surface area contributed by atoms with Gasteiger partial charge in [-0.3, -0.25) is 29.9 Å². The van der Waals surface area contributed by atoms with Crippen LogP contribution in [0.25, 0.3) is 32.4 Å². The third-order valence-corrected chi connectivity index (χ3v) is 16.7. The van der Waals surface area contributed by atoms with Crippen LogP contribution in [0.5, 0.6) is 5.75 Å². The van der Waals surface area contributed by atoms with Gasteiger partial charge in [0.05, 0.1) is 33.3 Å². The van der Waals surface area contributed by atoms with Gasteiger partial charge < -0.3 is 23.8 Å². The maximum atomic E-state index is 14.1. The van der Waals surface area contributed by atoms with E-state index in [1.54, 1.807) is 0 Å². The van der Waals surface area contributed by atoms with Crippen LogP contribution in [0.15, 0.2) is 91.0 Å². The number of para-hydroxylation sites is 1. The summed E-state index contributed by atoms with van der Waals surface area (Å²) in [6, 6.07) is 29.8. The normalized spacial score (nSPS) is 19.4. The number of benzene rings is 4. The molecule has 76 heavy (non-hydrogen) atoms. The highest BCUT2D eigenvalue weighted by Crippen LogP contribution is 2.38. The van der Waals surface area contributed by atoms with E-state index in [9.17, 15) is 19.2 Å². The quantitative estimate of drug-likeness (QED) is 0.0831. The number of pyridine rings is 1. The van der Waals surface area contributed by atoms with Crippen molar-refractivity contribution >= 4 is 73.2 Å². The SMILES string of the molecule is Cc1c(OC2CCC(CCCN3CCN(c4nc5cc(C6CCC(=O)NC6=O)ccc5n4C)CC3)CC2)cccc1-c1ccc(N2CCc3cccc(C(=O)Nc4nc5ccccc5s4)c3C2)nc1C(=O)OC(C)(C)C. The first-order valence-electron chi connectivity index (χ1n) is 27.0. The Hall–Kier alpha value is -7.17. The number of hydrogen-bond donors (Lipinski definition) is 2. The van der Waals surface area contributed by atoms with Gasteiger partial charge in [-0.25, -0.2) is 19.7 Å². The molecule has 394 valence electrons. The molecule has 4 aromatic carbocycles. The molecular formula is C60H67N9O6S. The Morgan fingerprint density at radius 3 is 2.39 bits per heavy atom. The van der Waals surface area contributed by atoms with Crippen molar-refractivity contribution in [1.82, 2.24) is 29.7 Å². The van der Waals surface area contributed by atoms with Gasteiger partial charge in [-0.15, -0.1) is 0 Å². The zero-order valence-corrected chi connectivity index (χ0v) is 45.0. The number of fused-ring (bicyclic) bond motifs is 3. The highest BCUT2D eigenvalue weighted by molar-refractivity contribution is 7.22. The first-order valence-corrected chi connectivity index (χ1v) is 27.8. The highest BCUT2D eigenvalue weighted by Gasteiger charge is 2.31. The van der Waals surface area contributed by atoms with Gasteiger partial charge in [-0.05, 0) is 168 Å². The standard InChI is InChI=1S/C60H67N9O6S/c1-37-42(44-23-26-52(63-54(44)57(73)75-60(2,3)4)69-30-28-39-12-8-14-45(46(39)36-69)56(72)65-58-61-47-15-6-7-17-51(47)76-58)13-9-16-50(37)74-41-21-18-38(19-22-41)11-10-29-67-31-33-68(34-32-67)59-62-48-35-40(20-25-49(48)66(59)5)43-24-27-53(70)64-55(43)71/h6-9,12-17,20,23,25-26,35,38,41,43H,10-11,18-19,21-22,24,27-34,36H2,1-5H3,(H,61,65,72)(H,64,70,71). The molecular weight excluding hydrogens is 975 g/mol. The zero-order valence-electron chi connectivity index (χ0n) is 44.2. The van der Waals surface area contributed by atoms with Crippen molar-refractivity contribution in [2.75, 3.05) is 54.4 Å². The first-order chi connectivity index (χ1) is 36.7.